The maximum absolute atomic E-state index is 6.98. The van der Waals surface area contributed by atoms with Crippen LogP contribution >= 0.6 is 0 Å². The Hall–Kier alpha value is -1.60. The van der Waals surface area contributed by atoms with Crippen molar-refractivity contribution in [1.29, 1.82) is 0 Å². The second-order valence-corrected chi connectivity index (χ2v) is 6.55. The first-order valence-electron chi connectivity index (χ1n) is 8.03. The van der Waals surface area contributed by atoms with Crippen LogP contribution in [0.4, 0.5) is 0 Å². The molecule has 1 aliphatic carbocycles. The van der Waals surface area contributed by atoms with Gasteiger partial charge in [-0.15, -0.1) is 0 Å². The maximum atomic E-state index is 6.98. The first kappa shape index (κ1) is 14.3. The van der Waals surface area contributed by atoms with Crippen molar-refractivity contribution in [2.75, 3.05) is 0 Å². The number of aryl methyl sites for hydroxylation is 2. The van der Waals surface area contributed by atoms with Gasteiger partial charge in [0.05, 0.1) is 0 Å². The van der Waals surface area contributed by atoms with E-state index in [0.29, 0.717) is 5.92 Å². The number of benzene rings is 2. The molecule has 110 valence electrons. The van der Waals surface area contributed by atoms with Crippen LogP contribution in [0.1, 0.15) is 53.9 Å². The van der Waals surface area contributed by atoms with Gasteiger partial charge < -0.3 is 5.73 Å². The highest BCUT2D eigenvalue weighted by molar-refractivity contribution is 5.38. The van der Waals surface area contributed by atoms with Gasteiger partial charge in [-0.05, 0) is 48.9 Å². The summed E-state index contributed by atoms with van der Waals surface area (Å²) in [4.78, 5) is 0. The maximum Gasteiger partial charge on any atom is 0.0479 e. The standard InChI is InChI=1S/C20H25N/c1-15-11-12-18(14-16(15)2)20(21)13-7-6-10-19(20)17-8-4-3-5-9-17/h3-5,8-9,11-12,14,19H,6-7,10,13,21H2,1-2H3. The minimum Gasteiger partial charge on any atom is -0.321 e. The second kappa shape index (κ2) is 5.65. The highest BCUT2D eigenvalue weighted by Gasteiger charge is 2.39. The zero-order valence-electron chi connectivity index (χ0n) is 13.1. The van der Waals surface area contributed by atoms with E-state index in [1.807, 2.05) is 0 Å². The topological polar surface area (TPSA) is 26.0 Å². The smallest absolute Gasteiger partial charge is 0.0479 e. The average molecular weight is 279 g/mol. The molecule has 1 saturated carbocycles. The fraction of sp³-hybridized carbons (Fsp3) is 0.400. The first-order valence-corrected chi connectivity index (χ1v) is 8.03. The molecule has 2 aromatic rings. The molecule has 2 atom stereocenters. The van der Waals surface area contributed by atoms with E-state index in [-0.39, 0.29) is 5.54 Å². The molecule has 0 heterocycles. The summed E-state index contributed by atoms with van der Waals surface area (Å²) < 4.78 is 0. The van der Waals surface area contributed by atoms with Gasteiger partial charge in [0, 0.05) is 11.5 Å². The van der Waals surface area contributed by atoms with Crippen LogP contribution in [-0.4, -0.2) is 0 Å². The van der Waals surface area contributed by atoms with Crippen molar-refractivity contribution in [2.45, 2.75) is 51.0 Å². The van der Waals surface area contributed by atoms with Gasteiger partial charge in [-0.3, -0.25) is 0 Å². The zero-order valence-corrected chi connectivity index (χ0v) is 13.1. The van der Waals surface area contributed by atoms with E-state index in [4.69, 9.17) is 5.73 Å². The van der Waals surface area contributed by atoms with E-state index in [9.17, 15) is 0 Å². The van der Waals surface area contributed by atoms with Gasteiger partial charge in [-0.1, -0.05) is 61.4 Å². The van der Waals surface area contributed by atoms with Gasteiger partial charge >= 0.3 is 0 Å². The summed E-state index contributed by atoms with van der Waals surface area (Å²) in [5.41, 5.74) is 12.1. The number of hydrogen-bond donors (Lipinski definition) is 1. The zero-order chi connectivity index (χ0) is 14.9. The molecule has 1 nitrogen and oxygen atoms in total. The molecule has 1 heteroatoms. The molecule has 2 N–H and O–H groups in total. The molecular formula is C20H25N. The Morgan fingerprint density at radius 1 is 0.952 bits per heavy atom. The number of nitrogens with two attached hydrogens (primary N) is 1. The summed E-state index contributed by atoms with van der Waals surface area (Å²) in [7, 11) is 0. The number of rotatable bonds is 2. The summed E-state index contributed by atoms with van der Waals surface area (Å²) in [5.74, 6) is 0.426. The van der Waals surface area contributed by atoms with Crippen LogP contribution in [0.15, 0.2) is 48.5 Å². The van der Waals surface area contributed by atoms with E-state index in [0.717, 1.165) is 6.42 Å². The molecule has 1 fully saturated rings. The lowest BCUT2D eigenvalue weighted by Gasteiger charge is -2.42. The van der Waals surface area contributed by atoms with Crippen molar-refractivity contribution < 1.29 is 0 Å². The lowest BCUT2D eigenvalue weighted by atomic mass is 9.66. The van der Waals surface area contributed by atoms with Crippen LogP contribution in [0.5, 0.6) is 0 Å². The largest absolute Gasteiger partial charge is 0.321 e. The van der Waals surface area contributed by atoms with Crippen molar-refractivity contribution in [3.63, 3.8) is 0 Å². The molecule has 2 unspecified atom stereocenters. The van der Waals surface area contributed by atoms with E-state index in [1.165, 1.54) is 41.5 Å². The Labute approximate surface area is 128 Å². The van der Waals surface area contributed by atoms with Crippen molar-refractivity contribution in [2.24, 2.45) is 5.73 Å². The van der Waals surface area contributed by atoms with Crippen molar-refractivity contribution in [3.8, 4) is 0 Å². The highest BCUT2D eigenvalue weighted by atomic mass is 14.8. The molecule has 0 amide bonds. The summed E-state index contributed by atoms with van der Waals surface area (Å²) in [6, 6.07) is 17.6. The van der Waals surface area contributed by atoms with Crippen LogP contribution in [0.2, 0.25) is 0 Å². The third-order valence-electron chi connectivity index (χ3n) is 5.20. The minimum atomic E-state index is -0.224. The van der Waals surface area contributed by atoms with Gasteiger partial charge in [0.25, 0.3) is 0 Å². The fourth-order valence-electron chi connectivity index (χ4n) is 3.72. The molecule has 1 aliphatic rings. The average Bonchev–Trinajstić information content (AvgIpc) is 2.51. The Kier molecular flexibility index (Phi) is 3.86. The lowest BCUT2D eigenvalue weighted by molar-refractivity contribution is 0.254. The van der Waals surface area contributed by atoms with Gasteiger partial charge in [-0.2, -0.15) is 0 Å². The molecule has 0 saturated heterocycles. The predicted molar refractivity (Wildman–Crippen MR) is 89.4 cm³/mol. The van der Waals surface area contributed by atoms with Crippen molar-refractivity contribution >= 4 is 0 Å². The fourth-order valence-corrected chi connectivity index (χ4v) is 3.72. The molecule has 0 aliphatic heterocycles. The molecule has 21 heavy (non-hydrogen) atoms. The van der Waals surface area contributed by atoms with Gasteiger partial charge in [0.1, 0.15) is 0 Å². The highest BCUT2D eigenvalue weighted by Crippen LogP contribution is 2.45. The van der Waals surface area contributed by atoms with Gasteiger partial charge in [0.2, 0.25) is 0 Å². The molecule has 0 radical (unpaired) electrons. The molecule has 3 rings (SSSR count). The first-order chi connectivity index (χ1) is 10.1. The van der Waals surface area contributed by atoms with Crippen molar-refractivity contribution in [3.05, 3.63) is 70.8 Å². The molecular weight excluding hydrogens is 254 g/mol. The van der Waals surface area contributed by atoms with E-state index in [2.05, 4.69) is 62.4 Å². The van der Waals surface area contributed by atoms with Crippen molar-refractivity contribution in [1.82, 2.24) is 0 Å². The minimum absolute atomic E-state index is 0.224. The monoisotopic (exact) mass is 279 g/mol. The van der Waals surface area contributed by atoms with E-state index >= 15 is 0 Å². The third-order valence-corrected chi connectivity index (χ3v) is 5.20. The van der Waals surface area contributed by atoms with Gasteiger partial charge in [0.15, 0.2) is 0 Å². The van der Waals surface area contributed by atoms with Crippen LogP contribution in [0, 0.1) is 13.8 Å². The quantitative estimate of drug-likeness (QED) is 0.838. The second-order valence-electron chi connectivity index (χ2n) is 6.55. The molecule has 0 bridgehead atoms. The van der Waals surface area contributed by atoms with Crippen LogP contribution in [0.3, 0.4) is 0 Å². The molecule has 2 aromatic carbocycles. The molecule has 0 spiro atoms. The summed E-state index contributed by atoms with van der Waals surface area (Å²) in [5, 5.41) is 0. The third kappa shape index (κ3) is 2.63. The van der Waals surface area contributed by atoms with Crippen LogP contribution in [-0.2, 0) is 5.54 Å². The van der Waals surface area contributed by atoms with Crippen LogP contribution in [0.25, 0.3) is 0 Å². The van der Waals surface area contributed by atoms with Gasteiger partial charge in [-0.25, -0.2) is 0 Å². The summed E-state index contributed by atoms with van der Waals surface area (Å²) in [6.07, 6.45) is 4.78. The van der Waals surface area contributed by atoms with E-state index < -0.39 is 0 Å². The van der Waals surface area contributed by atoms with E-state index in [1.54, 1.807) is 0 Å². The summed E-state index contributed by atoms with van der Waals surface area (Å²) >= 11 is 0. The van der Waals surface area contributed by atoms with Crippen LogP contribution < -0.4 is 5.73 Å². The Morgan fingerprint density at radius 2 is 1.71 bits per heavy atom. The SMILES string of the molecule is Cc1ccc(C2(N)CCCCC2c2ccccc2)cc1C. The lowest BCUT2D eigenvalue weighted by Crippen LogP contribution is -2.45. The number of hydrogen-bond acceptors (Lipinski definition) is 1. The summed E-state index contributed by atoms with van der Waals surface area (Å²) in [6.45, 7) is 4.35. The Bertz CT molecular complexity index is 617. The Morgan fingerprint density at radius 3 is 2.43 bits per heavy atom. The molecule has 0 aromatic heterocycles. The predicted octanol–water partition coefficient (Wildman–Crippen LogP) is 4.82. The normalized spacial score (nSPS) is 25.8. The Balaban J connectivity index is 2.04.